The Bertz CT molecular complexity index is 319. The topological polar surface area (TPSA) is 23.6 Å². The lowest BCUT2D eigenvalue weighted by molar-refractivity contribution is -0.130. The summed E-state index contributed by atoms with van der Waals surface area (Å²) in [6.45, 7) is 4.53. The minimum Gasteiger partial charge on any atom is -0.341 e. The molecule has 1 unspecified atom stereocenters. The van der Waals surface area contributed by atoms with Crippen molar-refractivity contribution in [1.29, 1.82) is 0 Å². The highest BCUT2D eigenvalue weighted by Gasteiger charge is 2.31. The van der Waals surface area contributed by atoms with Crippen molar-refractivity contribution in [2.45, 2.75) is 70.3 Å². The van der Waals surface area contributed by atoms with Crippen molar-refractivity contribution in [3.8, 4) is 0 Å². The molecular weight excluding hydrogens is 248 g/mol. The van der Waals surface area contributed by atoms with Crippen LogP contribution in [0.3, 0.4) is 0 Å². The molecule has 0 bridgehead atoms. The average molecular weight is 278 g/mol. The van der Waals surface area contributed by atoms with Crippen LogP contribution in [0.25, 0.3) is 0 Å². The maximum Gasteiger partial charge on any atom is 0.222 e. The molecule has 3 heteroatoms. The summed E-state index contributed by atoms with van der Waals surface area (Å²) in [6, 6.07) is 0.663. The molecule has 0 aromatic rings. The van der Waals surface area contributed by atoms with Crippen LogP contribution in [-0.2, 0) is 4.79 Å². The Labute approximate surface area is 123 Å². The van der Waals surface area contributed by atoms with Gasteiger partial charge in [-0.25, -0.2) is 0 Å². The van der Waals surface area contributed by atoms with Crippen LogP contribution in [0.15, 0.2) is 0 Å². The SMILES string of the molecule is O=C(CCC1CCCCC1)N1CCC(N2CCCC2)C1. The number of hydrogen-bond acceptors (Lipinski definition) is 2. The normalized spacial score (nSPS) is 29.2. The molecule has 2 aliphatic heterocycles. The fourth-order valence-electron chi connectivity index (χ4n) is 4.33. The predicted octanol–water partition coefficient (Wildman–Crippen LogP) is 3.04. The van der Waals surface area contributed by atoms with E-state index in [4.69, 9.17) is 0 Å². The zero-order valence-corrected chi connectivity index (χ0v) is 12.9. The third-order valence-electron chi connectivity index (χ3n) is 5.66. The van der Waals surface area contributed by atoms with Gasteiger partial charge >= 0.3 is 0 Å². The maximum absolute atomic E-state index is 12.4. The van der Waals surface area contributed by atoms with Gasteiger partial charge in [-0.05, 0) is 44.7 Å². The van der Waals surface area contributed by atoms with Crippen molar-refractivity contribution in [1.82, 2.24) is 9.80 Å². The van der Waals surface area contributed by atoms with Gasteiger partial charge in [0.25, 0.3) is 0 Å². The Morgan fingerprint density at radius 3 is 2.40 bits per heavy atom. The van der Waals surface area contributed by atoms with E-state index in [0.29, 0.717) is 11.9 Å². The highest BCUT2D eigenvalue weighted by molar-refractivity contribution is 5.76. The molecule has 0 aromatic carbocycles. The fraction of sp³-hybridized carbons (Fsp3) is 0.941. The van der Waals surface area contributed by atoms with E-state index in [1.807, 2.05) is 0 Å². The summed E-state index contributed by atoms with van der Waals surface area (Å²) >= 11 is 0. The summed E-state index contributed by atoms with van der Waals surface area (Å²) in [5, 5.41) is 0. The number of likely N-dealkylation sites (tertiary alicyclic amines) is 2. The summed E-state index contributed by atoms with van der Waals surface area (Å²) in [7, 11) is 0. The number of hydrogen-bond donors (Lipinski definition) is 0. The molecule has 1 saturated carbocycles. The van der Waals surface area contributed by atoms with Crippen molar-refractivity contribution < 1.29 is 4.79 Å². The van der Waals surface area contributed by atoms with Crippen LogP contribution in [0.5, 0.6) is 0 Å². The monoisotopic (exact) mass is 278 g/mol. The molecule has 3 fully saturated rings. The summed E-state index contributed by atoms with van der Waals surface area (Å²) in [5.41, 5.74) is 0. The quantitative estimate of drug-likeness (QED) is 0.789. The van der Waals surface area contributed by atoms with E-state index in [1.54, 1.807) is 0 Å². The highest BCUT2D eigenvalue weighted by Crippen LogP contribution is 2.28. The minimum atomic E-state index is 0.428. The van der Waals surface area contributed by atoms with Crippen LogP contribution >= 0.6 is 0 Å². The van der Waals surface area contributed by atoms with E-state index in [9.17, 15) is 4.79 Å². The molecular formula is C17H30N2O. The minimum absolute atomic E-state index is 0.428. The Hall–Kier alpha value is -0.570. The van der Waals surface area contributed by atoms with Crippen molar-refractivity contribution in [2.24, 2.45) is 5.92 Å². The molecule has 2 heterocycles. The Morgan fingerprint density at radius 2 is 1.65 bits per heavy atom. The molecule has 1 aliphatic carbocycles. The Balaban J connectivity index is 1.39. The molecule has 2 saturated heterocycles. The van der Waals surface area contributed by atoms with Crippen molar-refractivity contribution >= 4 is 5.91 Å². The molecule has 0 aromatic heterocycles. The first-order valence-corrected chi connectivity index (χ1v) is 8.85. The van der Waals surface area contributed by atoms with Crippen LogP contribution in [0.1, 0.15) is 64.2 Å². The lowest BCUT2D eigenvalue weighted by Crippen LogP contribution is -2.37. The van der Waals surface area contributed by atoms with Gasteiger partial charge in [-0.3, -0.25) is 9.69 Å². The third kappa shape index (κ3) is 3.55. The summed E-state index contributed by atoms with van der Waals surface area (Å²) < 4.78 is 0. The molecule has 1 atom stereocenters. The van der Waals surface area contributed by atoms with Crippen LogP contribution in [0.4, 0.5) is 0 Å². The van der Waals surface area contributed by atoms with Crippen molar-refractivity contribution in [3.05, 3.63) is 0 Å². The number of rotatable bonds is 4. The molecule has 0 spiro atoms. The molecule has 3 nitrogen and oxygen atoms in total. The number of carbonyl (C=O) groups excluding carboxylic acids is 1. The Kier molecular flexibility index (Phi) is 4.98. The average Bonchev–Trinajstić information content (AvgIpc) is 3.16. The first-order valence-electron chi connectivity index (χ1n) is 8.85. The van der Waals surface area contributed by atoms with Gasteiger partial charge in [-0.2, -0.15) is 0 Å². The largest absolute Gasteiger partial charge is 0.341 e. The predicted molar refractivity (Wildman–Crippen MR) is 81.6 cm³/mol. The van der Waals surface area contributed by atoms with E-state index in [-0.39, 0.29) is 0 Å². The van der Waals surface area contributed by atoms with Gasteiger partial charge in [0.2, 0.25) is 5.91 Å². The van der Waals surface area contributed by atoms with E-state index >= 15 is 0 Å². The summed E-state index contributed by atoms with van der Waals surface area (Å²) in [5.74, 6) is 1.27. The molecule has 1 amide bonds. The van der Waals surface area contributed by atoms with Crippen LogP contribution in [0, 0.1) is 5.92 Å². The first kappa shape index (κ1) is 14.4. The Morgan fingerprint density at radius 1 is 0.900 bits per heavy atom. The van der Waals surface area contributed by atoms with Gasteiger partial charge in [-0.1, -0.05) is 32.1 Å². The molecule has 20 heavy (non-hydrogen) atoms. The van der Waals surface area contributed by atoms with Gasteiger partial charge < -0.3 is 4.90 Å². The molecule has 0 N–H and O–H groups in total. The summed E-state index contributed by atoms with van der Waals surface area (Å²) in [6.07, 6.45) is 12.8. The van der Waals surface area contributed by atoms with Gasteiger partial charge in [0, 0.05) is 25.6 Å². The number of carbonyl (C=O) groups is 1. The van der Waals surface area contributed by atoms with E-state index in [1.165, 1.54) is 64.5 Å². The van der Waals surface area contributed by atoms with Crippen molar-refractivity contribution in [3.63, 3.8) is 0 Å². The van der Waals surface area contributed by atoms with Gasteiger partial charge in [-0.15, -0.1) is 0 Å². The van der Waals surface area contributed by atoms with E-state index < -0.39 is 0 Å². The molecule has 114 valence electrons. The first-order chi connectivity index (χ1) is 9.83. The second-order valence-electron chi connectivity index (χ2n) is 7.07. The lowest BCUT2D eigenvalue weighted by Gasteiger charge is -2.25. The lowest BCUT2D eigenvalue weighted by atomic mass is 9.86. The van der Waals surface area contributed by atoms with Crippen molar-refractivity contribution in [2.75, 3.05) is 26.2 Å². The number of nitrogens with zero attached hydrogens (tertiary/aromatic N) is 2. The molecule has 3 aliphatic rings. The number of amides is 1. The standard InChI is InChI=1S/C17H30N2O/c20-17(9-8-15-6-2-1-3-7-15)19-13-10-16(14-19)18-11-4-5-12-18/h15-16H,1-14H2. The second kappa shape index (κ2) is 6.93. The fourth-order valence-corrected chi connectivity index (χ4v) is 4.33. The van der Waals surface area contributed by atoms with Crippen LogP contribution in [-0.4, -0.2) is 47.9 Å². The second-order valence-corrected chi connectivity index (χ2v) is 7.07. The zero-order valence-electron chi connectivity index (χ0n) is 12.9. The van der Waals surface area contributed by atoms with Crippen LogP contribution in [0.2, 0.25) is 0 Å². The molecule has 0 radical (unpaired) electrons. The highest BCUT2D eigenvalue weighted by atomic mass is 16.2. The van der Waals surface area contributed by atoms with E-state index in [0.717, 1.165) is 31.8 Å². The summed E-state index contributed by atoms with van der Waals surface area (Å²) in [4.78, 5) is 17.1. The van der Waals surface area contributed by atoms with Gasteiger partial charge in [0.05, 0.1) is 0 Å². The smallest absolute Gasteiger partial charge is 0.222 e. The third-order valence-corrected chi connectivity index (χ3v) is 5.66. The van der Waals surface area contributed by atoms with E-state index in [2.05, 4.69) is 9.80 Å². The van der Waals surface area contributed by atoms with Gasteiger partial charge in [0.1, 0.15) is 0 Å². The zero-order chi connectivity index (χ0) is 13.8. The maximum atomic E-state index is 12.4. The van der Waals surface area contributed by atoms with Gasteiger partial charge in [0.15, 0.2) is 0 Å². The van der Waals surface area contributed by atoms with Crippen LogP contribution < -0.4 is 0 Å². The molecule has 3 rings (SSSR count).